The highest BCUT2D eigenvalue weighted by molar-refractivity contribution is 6.31. The molecule has 0 unspecified atom stereocenters. The Morgan fingerprint density at radius 3 is 2.67 bits per heavy atom. The van der Waals surface area contributed by atoms with Crippen molar-refractivity contribution in [2.24, 2.45) is 0 Å². The summed E-state index contributed by atoms with van der Waals surface area (Å²) in [6.07, 6.45) is -0.841. The van der Waals surface area contributed by atoms with Gasteiger partial charge in [-0.1, -0.05) is 23.7 Å². The number of unbranched alkanes of at least 4 members (excludes halogenated alkanes) is 1. The summed E-state index contributed by atoms with van der Waals surface area (Å²) < 4.78 is 39.5. The molecule has 33 heavy (non-hydrogen) atoms. The van der Waals surface area contributed by atoms with Gasteiger partial charge in [0.25, 0.3) is 0 Å². The molecule has 0 radical (unpaired) electrons. The third kappa shape index (κ3) is 7.19. The Balaban J connectivity index is 1.56. The number of alkyl halides is 3. The summed E-state index contributed by atoms with van der Waals surface area (Å²) >= 11 is 5.66. The lowest BCUT2D eigenvalue weighted by Crippen LogP contribution is -2.14. The zero-order valence-corrected chi connectivity index (χ0v) is 18.8. The molecule has 2 N–H and O–H groups in total. The van der Waals surface area contributed by atoms with E-state index in [1.807, 2.05) is 6.07 Å². The number of fused-ring (bicyclic) bond motifs is 1. The highest BCUT2D eigenvalue weighted by Crippen LogP contribution is 2.37. The fourth-order valence-corrected chi connectivity index (χ4v) is 4.27. The highest BCUT2D eigenvalue weighted by atomic mass is 35.5. The first kappa shape index (κ1) is 25.0. The van der Waals surface area contributed by atoms with Crippen molar-refractivity contribution in [2.45, 2.75) is 63.5 Å². The number of hydrogen-bond acceptors (Lipinski definition) is 4. The zero-order valence-electron chi connectivity index (χ0n) is 18.1. The fraction of sp³-hybridized carbons (Fsp3) is 0.458. The maximum atomic E-state index is 13.2. The number of anilines is 1. The van der Waals surface area contributed by atoms with Crippen molar-refractivity contribution in [1.82, 2.24) is 4.98 Å². The Hall–Kier alpha value is -2.61. The van der Waals surface area contributed by atoms with Gasteiger partial charge in [-0.25, -0.2) is 4.98 Å². The van der Waals surface area contributed by atoms with Gasteiger partial charge in [-0.2, -0.15) is 13.2 Å². The lowest BCUT2D eigenvalue weighted by molar-refractivity contribution is -0.138. The van der Waals surface area contributed by atoms with E-state index in [1.165, 1.54) is 11.6 Å². The van der Waals surface area contributed by atoms with Crippen LogP contribution in [-0.4, -0.2) is 28.4 Å². The van der Waals surface area contributed by atoms with Crippen LogP contribution in [0.15, 0.2) is 30.3 Å². The van der Waals surface area contributed by atoms with Gasteiger partial charge in [0.15, 0.2) is 0 Å². The van der Waals surface area contributed by atoms with Crippen molar-refractivity contribution in [3.05, 3.63) is 57.7 Å². The number of carbonyl (C=O) groups excluding carboxylic acids is 1. The molecule has 0 fully saturated rings. The Morgan fingerprint density at radius 1 is 1.15 bits per heavy atom. The van der Waals surface area contributed by atoms with Crippen LogP contribution in [0.5, 0.6) is 0 Å². The number of Topliss-reactive ketones (excluding diaryl/α,β-unsaturated/α-hetero) is 1. The normalized spacial score (nSPS) is 14.3. The quantitative estimate of drug-likeness (QED) is 0.403. The molecule has 3 rings (SSSR count). The zero-order chi connectivity index (χ0) is 24.0. The number of pyridine rings is 1. The summed E-state index contributed by atoms with van der Waals surface area (Å²) in [6.45, 7) is 0.910. The number of carbonyl (C=O) groups is 2. The van der Waals surface area contributed by atoms with Crippen LogP contribution in [0.1, 0.15) is 66.8 Å². The number of carboxylic acid groups (broad SMARTS) is 1. The van der Waals surface area contributed by atoms with Crippen LogP contribution in [0.25, 0.3) is 0 Å². The molecular formula is C24H26ClF3N2O3. The molecule has 1 aliphatic heterocycles. The molecule has 1 aromatic carbocycles. The number of carboxylic acids is 1. The van der Waals surface area contributed by atoms with E-state index in [1.54, 1.807) is 0 Å². The lowest BCUT2D eigenvalue weighted by atomic mass is 9.88. The summed E-state index contributed by atoms with van der Waals surface area (Å²) in [5, 5.41) is 12.0. The van der Waals surface area contributed by atoms with Crippen LogP contribution in [0, 0.1) is 0 Å². The number of hydrogen-bond donors (Lipinski definition) is 2. The van der Waals surface area contributed by atoms with E-state index in [2.05, 4.69) is 16.4 Å². The van der Waals surface area contributed by atoms with Gasteiger partial charge in [-0.3, -0.25) is 9.59 Å². The van der Waals surface area contributed by atoms with Crippen molar-refractivity contribution in [3.8, 4) is 0 Å². The molecule has 0 spiro atoms. The second-order valence-electron chi connectivity index (χ2n) is 8.32. The molecule has 1 aromatic heterocycles. The molecule has 2 heterocycles. The molecule has 178 valence electrons. The number of aliphatic carboxylic acids is 1. The second kappa shape index (κ2) is 11.0. The summed E-state index contributed by atoms with van der Waals surface area (Å²) in [7, 11) is 0. The number of aryl methyl sites for hydroxylation is 2. The average molecular weight is 483 g/mol. The average Bonchev–Trinajstić information content (AvgIpc) is 2.75. The first-order valence-corrected chi connectivity index (χ1v) is 11.3. The molecule has 9 heteroatoms. The van der Waals surface area contributed by atoms with E-state index in [9.17, 15) is 27.9 Å². The van der Waals surface area contributed by atoms with E-state index in [-0.39, 0.29) is 24.2 Å². The van der Waals surface area contributed by atoms with Gasteiger partial charge in [-0.15, -0.1) is 0 Å². The minimum atomic E-state index is -4.66. The van der Waals surface area contributed by atoms with Crippen LogP contribution in [0.2, 0.25) is 5.02 Å². The molecule has 0 saturated heterocycles. The molecule has 5 nitrogen and oxygen atoms in total. The van der Waals surface area contributed by atoms with Crippen LogP contribution in [0.3, 0.4) is 0 Å². The van der Waals surface area contributed by atoms with Gasteiger partial charge in [0.1, 0.15) is 11.6 Å². The molecule has 1 aliphatic rings. The van der Waals surface area contributed by atoms with Crippen LogP contribution >= 0.6 is 11.6 Å². The molecule has 0 amide bonds. The number of benzene rings is 1. The third-order valence-electron chi connectivity index (χ3n) is 5.75. The minimum absolute atomic E-state index is 0.133. The van der Waals surface area contributed by atoms with Gasteiger partial charge >= 0.3 is 12.1 Å². The largest absolute Gasteiger partial charge is 0.481 e. The molecular weight excluding hydrogens is 457 g/mol. The molecule has 2 aromatic rings. The standard InChI is InChI=1S/C24H26ClF3N2O3/c25-21-10-8-16(13-20(21)24(26,27)28)17(14-22(32)33)12-19(31)6-2-1-5-18-9-7-15-4-3-11-29-23(15)30-18/h7-10,13,17H,1-6,11-12,14H2,(H,29,30)(H,32,33)/t17-/m0/s1. The van der Waals surface area contributed by atoms with E-state index in [0.717, 1.165) is 49.5 Å². The smallest absolute Gasteiger partial charge is 0.417 e. The Labute approximate surface area is 195 Å². The fourth-order valence-electron chi connectivity index (χ4n) is 4.05. The summed E-state index contributed by atoms with van der Waals surface area (Å²) in [6, 6.07) is 7.37. The van der Waals surface area contributed by atoms with Crippen LogP contribution < -0.4 is 5.32 Å². The van der Waals surface area contributed by atoms with Crippen molar-refractivity contribution >= 4 is 29.2 Å². The molecule has 1 atom stereocenters. The van der Waals surface area contributed by atoms with Crippen LogP contribution in [0.4, 0.5) is 19.0 Å². The van der Waals surface area contributed by atoms with Crippen molar-refractivity contribution in [1.29, 1.82) is 0 Å². The molecule has 0 aliphatic carbocycles. The molecule has 0 bridgehead atoms. The number of halogens is 4. The SMILES string of the molecule is O=C(O)C[C@H](CC(=O)CCCCc1ccc2c(n1)NCCC2)c1ccc(Cl)c(C(F)(F)F)c1. The Morgan fingerprint density at radius 2 is 1.94 bits per heavy atom. The molecule has 0 saturated carbocycles. The van der Waals surface area contributed by atoms with Gasteiger partial charge in [0.05, 0.1) is 17.0 Å². The van der Waals surface area contributed by atoms with Crippen LogP contribution in [-0.2, 0) is 28.6 Å². The van der Waals surface area contributed by atoms with E-state index >= 15 is 0 Å². The first-order valence-electron chi connectivity index (χ1n) is 11.0. The number of nitrogens with zero attached hydrogens (tertiary/aromatic N) is 1. The number of nitrogens with one attached hydrogen (secondary N) is 1. The monoisotopic (exact) mass is 482 g/mol. The van der Waals surface area contributed by atoms with E-state index in [0.29, 0.717) is 12.8 Å². The Bertz CT molecular complexity index is 1010. The summed E-state index contributed by atoms with van der Waals surface area (Å²) in [4.78, 5) is 28.4. The lowest BCUT2D eigenvalue weighted by Gasteiger charge is -2.18. The number of ketones is 1. The summed E-state index contributed by atoms with van der Waals surface area (Å²) in [5.41, 5.74) is 1.27. The second-order valence-corrected chi connectivity index (χ2v) is 8.73. The minimum Gasteiger partial charge on any atom is -0.481 e. The van der Waals surface area contributed by atoms with E-state index in [4.69, 9.17) is 11.6 Å². The van der Waals surface area contributed by atoms with Gasteiger partial charge < -0.3 is 10.4 Å². The maximum absolute atomic E-state index is 13.2. The predicted octanol–water partition coefficient (Wildman–Crippen LogP) is 6.04. The topological polar surface area (TPSA) is 79.3 Å². The van der Waals surface area contributed by atoms with Gasteiger partial charge in [0, 0.05) is 31.0 Å². The van der Waals surface area contributed by atoms with E-state index < -0.39 is 35.1 Å². The first-order chi connectivity index (χ1) is 15.6. The van der Waals surface area contributed by atoms with Gasteiger partial charge in [-0.05, 0) is 61.4 Å². The summed E-state index contributed by atoms with van der Waals surface area (Å²) in [5.74, 6) is -1.28. The van der Waals surface area contributed by atoms with Crippen molar-refractivity contribution in [2.75, 3.05) is 11.9 Å². The predicted molar refractivity (Wildman–Crippen MR) is 120 cm³/mol. The number of rotatable bonds is 10. The highest BCUT2D eigenvalue weighted by Gasteiger charge is 2.34. The number of aromatic nitrogens is 1. The Kier molecular flexibility index (Phi) is 8.35. The van der Waals surface area contributed by atoms with Crippen molar-refractivity contribution in [3.63, 3.8) is 0 Å². The third-order valence-corrected chi connectivity index (χ3v) is 6.08. The van der Waals surface area contributed by atoms with Gasteiger partial charge in [0.2, 0.25) is 0 Å². The maximum Gasteiger partial charge on any atom is 0.417 e. The van der Waals surface area contributed by atoms with Crippen molar-refractivity contribution < 1.29 is 27.9 Å².